The van der Waals surface area contributed by atoms with Gasteiger partial charge in [-0.1, -0.05) is 72.8 Å². The van der Waals surface area contributed by atoms with Crippen molar-refractivity contribution in [1.29, 1.82) is 10.5 Å². The molecule has 0 unspecified atom stereocenters. The van der Waals surface area contributed by atoms with Crippen LogP contribution in [0.1, 0.15) is 21.7 Å². The van der Waals surface area contributed by atoms with Crippen LogP contribution in [0.5, 0.6) is 0 Å². The molecule has 0 bridgehead atoms. The number of hydrogen-bond donors (Lipinski definition) is 0. The number of rotatable bonds is 3. The van der Waals surface area contributed by atoms with Gasteiger partial charge in [0.25, 0.3) is 0 Å². The lowest BCUT2D eigenvalue weighted by Crippen LogP contribution is -2.01. The predicted octanol–water partition coefficient (Wildman–Crippen LogP) is 6.37. The van der Waals surface area contributed by atoms with E-state index in [2.05, 4.69) is 0 Å². The molecule has 5 aromatic rings. The third-order valence-electron chi connectivity index (χ3n) is 6.15. The number of Topliss-reactive ketones (excluding diaryl/α,β-unsaturated/α-hetero) is 1. The maximum atomic E-state index is 13.4. The van der Waals surface area contributed by atoms with E-state index in [0.717, 1.165) is 16.8 Å². The van der Waals surface area contributed by atoms with Crippen molar-refractivity contribution in [2.45, 2.75) is 0 Å². The lowest BCUT2D eigenvalue weighted by Gasteiger charge is -2.07. The standard InChI is InChI=1S/C30H16N4O2/c31-17-20(18-32)28-22-13-7-8-14-23(22)29(35)24(28)15-27-33-30-25(34(27)21-11-5-2-6-12-21)16-26(36-30)19-9-3-1-4-10-19/h1-16H/b24-15-. The maximum absolute atomic E-state index is 13.4. The molecule has 6 nitrogen and oxygen atoms in total. The van der Waals surface area contributed by atoms with Gasteiger partial charge >= 0.3 is 0 Å². The molecule has 2 aromatic heterocycles. The smallest absolute Gasteiger partial charge is 0.246 e. The first-order valence-electron chi connectivity index (χ1n) is 11.2. The Balaban J connectivity index is 1.61. The second kappa shape index (κ2) is 8.39. The van der Waals surface area contributed by atoms with Gasteiger partial charge in [-0.2, -0.15) is 15.5 Å². The Bertz CT molecular complexity index is 1790. The highest BCUT2D eigenvalue weighted by atomic mass is 16.3. The van der Waals surface area contributed by atoms with Gasteiger partial charge in [-0.25, -0.2) is 0 Å². The van der Waals surface area contributed by atoms with Gasteiger partial charge in [0.1, 0.15) is 34.8 Å². The van der Waals surface area contributed by atoms with Crippen molar-refractivity contribution in [3.63, 3.8) is 0 Å². The number of carbonyl (C=O) groups excluding carboxylic acids is 1. The molecule has 0 amide bonds. The van der Waals surface area contributed by atoms with Gasteiger partial charge in [-0.05, 0) is 23.8 Å². The van der Waals surface area contributed by atoms with Crippen LogP contribution in [-0.4, -0.2) is 15.3 Å². The molecule has 36 heavy (non-hydrogen) atoms. The molecule has 2 heterocycles. The molecule has 6 heteroatoms. The van der Waals surface area contributed by atoms with Crippen LogP contribution in [0.15, 0.2) is 107 Å². The van der Waals surface area contributed by atoms with Gasteiger partial charge in [0.2, 0.25) is 5.71 Å². The Morgan fingerprint density at radius 3 is 2.19 bits per heavy atom. The van der Waals surface area contributed by atoms with Crippen LogP contribution < -0.4 is 0 Å². The van der Waals surface area contributed by atoms with Gasteiger partial charge in [-0.15, -0.1) is 0 Å². The minimum atomic E-state index is -0.257. The molecule has 0 fully saturated rings. The number of ketones is 1. The molecular formula is C30H16N4O2. The van der Waals surface area contributed by atoms with Gasteiger partial charge in [0.05, 0.1) is 0 Å². The van der Waals surface area contributed by atoms with E-state index in [9.17, 15) is 15.3 Å². The summed E-state index contributed by atoms with van der Waals surface area (Å²) in [5.41, 5.74) is 4.39. The molecule has 0 N–H and O–H groups in total. The zero-order valence-electron chi connectivity index (χ0n) is 18.8. The topological polar surface area (TPSA) is 95.6 Å². The number of benzene rings is 3. The van der Waals surface area contributed by atoms with E-state index in [1.807, 2.05) is 83.4 Å². The molecule has 0 saturated carbocycles. The predicted molar refractivity (Wildman–Crippen MR) is 136 cm³/mol. The highest BCUT2D eigenvalue weighted by molar-refractivity contribution is 6.29. The highest BCUT2D eigenvalue weighted by Gasteiger charge is 2.33. The van der Waals surface area contributed by atoms with Crippen LogP contribution in [0, 0.1) is 22.7 Å². The summed E-state index contributed by atoms with van der Waals surface area (Å²) in [4.78, 5) is 18.1. The Kier molecular flexibility index (Phi) is 4.92. The number of aromatic nitrogens is 2. The number of nitrogens with zero attached hydrogens (tertiary/aromatic N) is 4. The summed E-state index contributed by atoms with van der Waals surface area (Å²) >= 11 is 0. The normalized spacial score (nSPS) is 13.6. The molecule has 0 atom stereocenters. The molecular weight excluding hydrogens is 448 g/mol. The third-order valence-corrected chi connectivity index (χ3v) is 6.15. The number of imidazole rings is 1. The van der Waals surface area contributed by atoms with Crippen molar-refractivity contribution in [3.8, 4) is 29.1 Å². The minimum Gasteiger partial charge on any atom is -0.436 e. The summed E-state index contributed by atoms with van der Waals surface area (Å²) in [5.74, 6) is 0.879. The second-order valence-electron chi connectivity index (χ2n) is 8.21. The Morgan fingerprint density at radius 1 is 0.861 bits per heavy atom. The molecule has 0 spiro atoms. The summed E-state index contributed by atoms with van der Waals surface area (Å²) in [6.07, 6.45) is 1.64. The van der Waals surface area contributed by atoms with E-state index < -0.39 is 0 Å². The fourth-order valence-corrected chi connectivity index (χ4v) is 4.56. The lowest BCUT2D eigenvalue weighted by atomic mass is 9.99. The van der Waals surface area contributed by atoms with Gasteiger partial charge in [0, 0.05) is 34.0 Å². The van der Waals surface area contributed by atoms with Crippen molar-refractivity contribution >= 4 is 28.7 Å². The third kappa shape index (κ3) is 3.26. The van der Waals surface area contributed by atoms with E-state index in [1.54, 1.807) is 30.3 Å². The van der Waals surface area contributed by atoms with Crippen molar-refractivity contribution in [3.05, 3.63) is 119 Å². The molecule has 6 rings (SSSR count). The molecule has 1 aliphatic carbocycles. The van der Waals surface area contributed by atoms with E-state index >= 15 is 0 Å². The molecule has 0 saturated heterocycles. The van der Waals surface area contributed by atoms with E-state index in [0.29, 0.717) is 34.0 Å². The van der Waals surface area contributed by atoms with Crippen molar-refractivity contribution < 1.29 is 9.21 Å². The minimum absolute atomic E-state index is 0.118. The average molecular weight is 464 g/mol. The van der Waals surface area contributed by atoms with Crippen LogP contribution in [0.4, 0.5) is 0 Å². The Hall–Kier alpha value is -5.46. The zero-order chi connectivity index (χ0) is 24.6. The number of nitriles is 2. The first kappa shape index (κ1) is 21.1. The highest BCUT2D eigenvalue weighted by Crippen LogP contribution is 2.40. The van der Waals surface area contributed by atoms with Crippen LogP contribution in [0.3, 0.4) is 0 Å². The van der Waals surface area contributed by atoms with Crippen LogP contribution >= 0.6 is 0 Å². The summed E-state index contributed by atoms with van der Waals surface area (Å²) in [7, 11) is 0. The van der Waals surface area contributed by atoms with Crippen LogP contribution in [0.2, 0.25) is 0 Å². The quantitative estimate of drug-likeness (QED) is 0.228. The SMILES string of the molecule is N#CC(C#N)=C1/C(=C/c2nc3oc(-c4ccccc4)cc3n2-c2ccccc2)C(=O)c2ccccc21. The van der Waals surface area contributed by atoms with Crippen molar-refractivity contribution in [1.82, 2.24) is 9.55 Å². The fraction of sp³-hybridized carbons (Fsp3) is 0. The van der Waals surface area contributed by atoms with E-state index in [4.69, 9.17) is 9.40 Å². The van der Waals surface area contributed by atoms with Crippen molar-refractivity contribution in [2.75, 3.05) is 0 Å². The first-order chi connectivity index (χ1) is 17.7. The molecule has 0 radical (unpaired) electrons. The van der Waals surface area contributed by atoms with Crippen LogP contribution in [-0.2, 0) is 0 Å². The van der Waals surface area contributed by atoms with E-state index in [1.165, 1.54) is 0 Å². The maximum Gasteiger partial charge on any atom is 0.246 e. The van der Waals surface area contributed by atoms with Gasteiger partial charge < -0.3 is 4.42 Å². The number of furan rings is 1. The summed E-state index contributed by atoms with van der Waals surface area (Å²) in [6, 6.07) is 32.2. The molecule has 1 aliphatic rings. The number of fused-ring (bicyclic) bond motifs is 2. The molecule has 0 aliphatic heterocycles. The monoisotopic (exact) mass is 464 g/mol. The lowest BCUT2D eigenvalue weighted by molar-refractivity contribution is 0.104. The Morgan fingerprint density at radius 2 is 1.50 bits per heavy atom. The van der Waals surface area contributed by atoms with Crippen molar-refractivity contribution in [2.24, 2.45) is 0 Å². The molecule has 168 valence electrons. The van der Waals surface area contributed by atoms with Crippen LogP contribution in [0.25, 0.3) is 39.9 Å². The Labute approximate surface area is 206 Å². The van der Waals surface area contributed by atoms with Gasteiger partial charge in [-0.3, -0.25) is 9.36 Å². The summed E-state index contributed by atoms with van der Waals surface area (Å²) in [6.45, 7) is 0. The zero-order valence-corrected chi connectivity index (χ0v) is 18.8. The second-order valence-corrected chi connectivity index (χ2v) is 8.21. The fourth-order valence-electron chi connectivity index (χ4n) is 4.56. The average Bonchev–Trinajstić information content (AvgIpc) is 3.57. The number of allylic oxidation sites excluding steroid dienone is 3. The van der Waals surface area contributed by atoms with Gasteiger partial charge in [0.15, 0.2) is 5.78 Å². The van der Waals surface area contributed by atoms with E-state index in [-0.39, 0.29) is 16.9 Å². The number of hydrogen-bond acceptors (Lipinski definition) is 5. The number of para-hydroxylation sites is 1. The summed E-state index contributed by atoms with van der Waals surface area (Å²) < 4.78 is 8.01. The molecule has 3 aromatic carbocycles. The largest absolute Gasteiger partial charge is 0.436 e. The first-order valence-corrected chi connectivity index (χ1v) is 11.2. The summed E-state index contributed by atoms with van der Waals surface area (Å²) in [5, 5.41) is 19.3. The number of carbonyl (C=O) groups is 1.